The van der Waals surface area contributed by atoms with E-state index in [0.717, 1.165) is 10.5 Å². The Morgan fingerprint density at radius 2 is 1.78 bits per heavy atom. The van der Waals surface area contributed by atoms with Crippen molar-refractivity contribution in [3.05, 3.63) is 48.0 Å². The van der Waals surface area contributed by atoms with Crippen LogP contribution in [0.3, 0.4) is 0 Å². The van der Waals surface area contributed by atoms with E-state index in [9.17, 15) is 14.4 Å². The van der Waals surface area contributed by atoms with Gasteiger partial charge >= 0.3 is 12.1 Å². The Labute approximate surface area is 160 Å². The standard InChI is InChI=1S/C21H27NO5/c1-21(2,3)27-19(24)17-13-9-4-5-10-14-18(23)22(17)20(25)26-15-16-11-7-6-8-12-16/h4-8,11-12,17H,9-10,13-15H2,1-3H3/b5-4-/t17-/m1/s1. The average molecular weight is 373 g/mol. The molecule has 27 heavy (non-hydrogen) atoms. The molecule has 1 atom stereocenters. The van der Waals surface area contributed by atoms with Crippen molar-refractivity contribution in [1.29, 1.82) is 0 Å². The summed E-state index contributed by atoms with van der Waals surface area (Å²) in [4.78, 5) is 38.9. The van der Waals surface area contributed by atoms with Crippen molar-refractivity contribution in [1.82, 2.24) is 4.90 Å². The molecule has 1 aromatic carbocycles. The van der Waals surface area contributed by atoms with Gasteiger partial charge in [-0.1, -0.05) is 42.5 Å². The van der Waals surface area contributed by atoms with Gasteiger partial charge in [0.2, 0.25) is 5.91 Å². The Morgan fingerprint density at radius 3 is 2.44 bits per heavy atom. The van der Waals surface area contributed by atoms with Gasteiger partial charge in [0.15, 0.2) is 0 Å². The highest BCUT2D eigenvalue weighted by Gasteiger charge is 2.38. The average Bonchev–Trinajstić information content (AvgIpc) is 2.69. The lowest BCUT2D eigenvalue weighted by molar-refractivity contribution is -0.164. The van der Waals surface area contributed by atoms with Crippen LogP contribution in [0.1, 0.15) is 52.0 Å². The maximum Gasteiger partial charge on any atom is 0.417 e. The van der Waals surface area contributed by atoms with Crippen LogP contribution in [-0.2, 0) is 25.7 Å². The summed E-state index contributed by atoms with van der Waals surface area (Å²) in [7, 11) is 0. The number of hydrogen-bond acceptors (Lipinski definition) is 5. The minimum absolute atomic E-state index is 0.0305. The van der Waals surface area contributed by atoms with Crippen molar-refractivity contribution < 1.29 is 23.9 Å². The van der Waals surface area contributed by atoms with Crippen molar-refractivity contribution in [3.63, 3.8) is 0 Å². The van der Waals surface area contributed by atoms with Crippen molar-refractivity contribution in [2.24, 2.45) is 0 Å². The molecular formula is C21H27NO5. The predicted molar refractivity (Wildman–Crippen MR) is 101 cm³/mol. The Balaban J connectivity index is 2.19. The van der Waals surface area contributed by atoms with Crippen LogP contribution >= 0.6 is 0 Å². The number of carbonyl (C=O) groups is 3. The minimum atomic E-state index is -0.997. The molecule has 6 heteroatoms. The first-order valence-corrected chi connectivity index (χ1v) is 9.18. The third kappa shape index (κ3) is 6.55. The Morgan fingerprint density at radius 1 is 1.11 bits per heavy atom. The van der Waals surface area contributed by atoms with Crippen LogP contribution in [0.15, 0.2) is 42.5 Å². The second-order valence-electron chi connectivity index (χ2n) is 7.44. The number of carbonyl (C=O) groups excluding carboxylic acids is 3. The predicted octanol–water partition coefficient (Wildman–Crippen LogP) is 3.99. The largest absolute Gasteiger partial charge is 0.458 e. The van der Waals surface area contributed by atoms with Crippen LogP contribution in [0.5, 0.6) is 0 Å². The lowest BCUT2D eigenvalue weighted by Crippen LogP contribution is -2.50. The number of benzene rings is 1. The summed E-state index contributed by atoms with van der Waals surface area (Å²) in [6.45, 7) is 5.28. The number of allylic oxidation sites excluding steroid dienone is 2. The molecule has 146 valence electrons. The maximum absolute atomic E-state index is 12.7. The third-order valence-corrected chi connectivity index (χ3v) is 3.96. The molecule has 0 N–H and O–H groups in total. The summed E-state index contributed by atoms with van der Waals surface area (Å²) >= 11 is 0. The normalized spacial score (nSPS) is 19.4. The van der Waals surface area contributed by atoms with Gasteiger partial charge in [0, 0.05) is 6.42 Å². The Hall–Kier alpha value is -2.63. The van der Waals surface area contributed by atoms with Crippen LogP contribution < -0.4 is 0 Å². The molecule has 2 rings (SSSR count). The summed E-state index contributed by atoms with van der Waals surface area (Å²) in [5.74, 6) is -1.03. The van der Waals surface area contributed by atoms with Gasteiger partial charge in [-0.05, 0) is 45.6 Å². The molecule has 0 saturated carbocycles. The Bertz CT molecular complexity index is 690. The van der Waals surface area contributed by atoms with E-state index >= 15 is 0 Å². The fourth-order valence-corrected chi connectivity index (χ4v) is 2.73. The monoisotopic (exact) mass is 373 g/mol. The first-order valence-electron chi connectivity index (χ1n) is 9.18. The first-order chi connectivity index (χ1) is 12.8. The molecule has 2 amide bonds. The van der Waals surface area contributed by atoms with Crippen molar-refractivity contribution in [3.8, 4) is 0 Å². The quantitative estimate of drug-likeness (QED) is 0.592. The molecule has 0 spiro atoms. The molecule has 0 fully saturated rings. The molecule has 0 aromatic heterocycles. The summed E-state index contributed by atoms with van der Waals surface area (Å²) in [6.07, 6.45) is 4.52. The van der Waals surface area contributed by atoms with Crippen LogP contribution in [0.4, 0.5) is 4.79 Å². The summed E-state index contributed by atoms with van der Waals surface area (Å²) in [5.41, 5.74) is 0.0895. The fraction of sp³-hybridized carbons (Fsp3) is 0.476. The van der Waals surface area contributed by atoms with Crippen LogP contribution in [0.2, 0.25) is 0 Å². The summed E-state index contributed by atoms with van der Waals surface area (Å²) in [6, 6.07) is 8.18. The number of rotatable bonds is 3. The van der Waals surface area contributed by atoms with Gasteiger partial charge in [0.05, 0.1) is 0 Å². The number of imide groups is 1. The van der Waals surface area contributed by atoms with Gasteiger partial charge in [-0.15, -0.1) is 0 Å². The lowest BCUT2D eigenvalue weighted by Gasteiger charge is -2.30. The molecule has 0 bridgehead atoms. The van der Waals surface area contributed by atoms with E-state index < -0.39 is 29.6 Å². The van der Waals surface area contributed by atoms with Crippen LogP contribution in [-0.4, -0.2) is 34.5 Å². The first kappa shape index (κ1) is 20.7. The summed E-state index contributed by atoms with van der Waals surface area (Å²) < 4.78 is 10.8. The molecule has 1 aliphatic rings. The number of ether oxygens (including phenoxy) is 2. The second kappa shape index (κ2) is 9.35. The van der Waals surface area contributed by atoms with Gasteiger partial charge in [0.1, 0.15) is 18.2 Å². The topological polar surface area (TPSA) is 72.9 Å². The zero-order chi connectivity index (χ0) is 19.9. The van der Waals surface area contributed by atoms with Gasteiger partial charge in [-0.2, -0.15) is 0 Å². The Kier molecular flexibility index (Phi) is 7.16. The van der Waals surface area contributed by atoms with Gasteiger partial charge in [0.25, 0.3) is 0 Å². The second-order valence-corrected chi connectivity index (χ2v) is 7.44. The van der Waals surface area contributed by atoms with E-state index in [2.05, 4.69) is 0 Å². The molecule has 1 heterocycles. The van der Waals surface area contributed by atoms with Gasteiger partial charge < -0.3 is 9.47 Å². The van der Waals surface area contributed by atoms with E-state index in [1.54, 1.807) is 20.8 Å². The lowest BCUT2D eigenvalue weighted by atomic mass is 10.1. The van der Waals surface area contributed by atoms with Crippen LogP contribution in [0, 0.1) is 0 Å². The zero-order valence-electron chi connectivity index (χ0n) is 16.1. The molecule has 6 nitrogen and oxygen atoms in total. The van der Waals surface area contributed by atoms with E-state index in [0.29, 0.717) is 19.3 Å². The smallest absolute Gasteiger partial charge is 0.417 e. The maximum atomic E-state index is 12.7. The van der Waals surface area contributed by atoms with Crippen molar-refractivity contribution in [2.45, 2.75) is 64.7 Å². The number of amides is 2. The highest BCUT2D eigenvalue weighted by Crippen LogP contribution is 2.20. The van der Waals surface area contributed by atoms with Crippen molar-refractivity contribution in [2.75, 3.05) is 0 Å². The molecule has 1 aliphatic heterocycles. The zero-order valence-corrected chi connectivity index (χ0v) is 16.1. The highest BCUT2D eigenvalue weighted by atomic mass is 16.6. The molecule has 1 aromatic rings. The highest BCUT2D eigenvalue weighted by molar-refractivity contribution is 5.97. The van der Waals surface area contributed by atoms with Crippen LogP contribution in [0.25, 0.3) is 0 Å². The third-order valence-electron chi connectivity index (χ3n) is 3.96. The molecule has 0 aliphatic carbocycles. The molecule has 0 saturated heterocycles. The van der Waals surface area contributed by atoms with E-state index in [-0.39, 0.29) is 13.0 Å². The van der Waals surface area contributed by atoms with E-state index in [1.165, 1.54) is 0 Å². The molecule has 0 radical (unpaired) electrons. The number of nitrogens with zero attached hydrogens (tertiary/aromatic N) is 1. The van der Waals surface area contributed by atoms with Crippen molar-refractivity contribution >= 4 is 18.0 Å². The number of hydrogen-bond donors (Lipinski definition) is 0. The van der Waals surface area contributed by atoms with E-state index in [4.69, 9.17) is 9.47 Å². The molecular weight excluding hydrogens is 346 g/mol. The minimum Gasteiger partial charge on any atom is -0.458 e. The SMILES string of the molecule is CC(C)(C)OC(=O)[C@H]1CC/C=C\CCC(=O)N1C(=O)OCc1ccccc1. The van der Waals surface area contributed by atoms with Gasteiger partial charge in [-0.3, -0.25) is 4.79 Å². The van der Waals surface area contributed by atoms with Gasteiger partial charge in [-0.25, -0.2) is 14.5 Å². The van der Waals surface area contributed by atoms with E-state index in [1.807, 2.05) is 42.5 Å². The number of esters is 1. The molecule has 0 unspecified atom stereocenters. The summed E-state index contributed by atoms with van der Waals surface area (Å²) in [5, 5.41) is 0. The fourth-order valence-electron chi connectivity index (χ4n) is 2.73.